The van der Waals surface area contributed by atoms with E-state index in [0.717, 1.165) is 49.1 Å². The minimum Gasteiger partial charge on any atom is -0.383 e. The Hall–Kier alpha value is -2.25. The average Bonchev–Trinajstić information content (AvgIpc) is 2.97. The Kier molecular flexibility index (Phi) is 6.23. The van der Waals surface area contributed by atoms with E-state index in [9.17, 15) is 4.79 Å². The standard InChI is InChI=1S/C20H29N5O2/c1-15-12-18(17(3)25(15)16(2)14-27-4)19(26)13-23-8-10-24(11-9-23)20-21-6-5-7-22-20/h5-7,12,16H,8-11,13-14H2,1-4H3/p+1/t16-/m1/s1. The Morgan fingerprint density at radius 3 is 2.56 bits per heavy atom. The van der Waals surface area contributed by atoms with Crippen LogP contribution < -0.4 is 9.80 Å². The monoisotopic (exact) mass is 372 g/mol. The van der Waals surface area contributed by atoms with E-state index in [1.54, 1.807) is 19.5 Å². The lowest BCUT2D eigenvalue weighted by Gasteiger charge is -2.31. The van der Waals surface area contributed by atoms with E-state index < -0.39 is 0 Å². The molecular formula is C20H30N5O2+. The minimum atomic E-state index is 0.221. The highest BCUT2D eigenvalue weighted by molar-refractivity contribution is 5.98. The van der Waals surface area contributed by atoms with Gasteiger partial charge in [-0.3, -0.25) is 4.79 Å². The number of nitrogens with one attached hydrogen (secondary N) is 1. The molecule has 2 aromatic heterocycles. The predicted molar refractivity (Wildman–Crippen MR) is 105 cm³/mol. The molecular weight excluding hydrogens is 342 g/mol. The maximum Gasteiger partial charge on any atom is 0.225 e. The molecule has 1 fully saturated rings. The maximum atomic E-state index is 12.9. The average molecular weight is 372 g/mol. The first-order valence-electron chi connectivity index (χ1n) is 9.57. The normalized spacial score (nSPS) is 16.5. The molecule has 0 aromatic carbocycles. The molecule has 3 heterocycles. The number of anilines is 1. The lowest BCUT2D eigenvalue weighted by molar-refractivity contribution is -0.892. The summed E-state index contributed by atoms with van der Waals surface area (Å²) in [6, 6.07) is 4.07. The van der Waals surface area contributed by atoms with Crippen LogP contribution in [0.15, 0.2) is 24.5 Å². The van der Waals surface area contributed by atoms with Gasteiger partial charge in [0.2, 0.25) is 11.7 Å². The maximum absolute atomic E-state index is 12.9. The van der Waals surface area contributed by atoms with Crippen molar-refractivity contribution in [2.75, 3.05) is 51.3 Å². The van der Waals surface area contributed by atoms with E-state index in [1.807, 2.05) is 19.1 Å². The highest BCUT2D eigenvalue weighted by Crippen LogP contribution is 2.21. The summed E-state index contributed by atoms with van der Waals surface area (Å²) in [4.78, 5) is 25.1. The Morgan fingerprint density at radius 1 is 1.26 bits per heavy atom. The summed E-state index contributed by atoms with van der Waals surface area (Å²) in [5.41, 5.74) is 3.00. The molecule has 1 atom stereocenters. The second kappa shape index (κ2) is 8.63. The number of methoxy groups -OCH3 is 1. The molecule has 2 aromatic rings. The molecule has 0 saturated carbocycles. The highest BCUT2D eigenvalue weighted by Gasteiger charge is 2.26. The van der Waals surface area contributed by atoms with Gasteiger partial charge in [0, 0.05) is 36.5 Å². The van der Waals surface area contributed by atoms with Crippen LogP contribution in [0.25, 0.3) is 0 Å². The van der Waals surface area contributed by atoms with E-state index in [0.29, 0.717) is 13.2 Å². The lowest BCUT2D eigenvalue weighted by atomic mass is 10.1. The van der Waals surface area contributed by atoms with E-state index in [1.165, 1.54) is 4.90 Å². The third-order valence-electron chi connectivity index (χ3n) is 5.35. The van der Waals surface area contributed by atoms with Gasteiger partial charge in [-0.15, -0.1) is 0 Å². The van der Waals surface area contributed by atoms with Gasteiger partial charge >= 0.3 is 0 Å². The van der Waals surface area contributed by atoms with Crippen LogP contribution in [-0.2, 0) is 4.74 Å². The number of Topliss-reactive ketones (excluding diaryl/α,β-unsaturated/α-hetero) is 1. The van der Waals surface area contributed by atoms with Crippen molar-refractivity contribution < 1.29 is 14.4 Å². The van der Waals surface area contributed by atoms with Crippen molar-refractivity contribution in [3.05, 3.63) is 41.5 Å². The quantitative estimate of drug-likeness (QED) is 0.725. The van der Waals surface area contributed by atoms with Gasteiger partial charge in [0.1, 0.15) is 6.54 Å². The third kappa shape index (κ3) is 4.36. The van der Waals surface area contributed by atoms with Crippen LogP contribution in [0.1, 0.15) is 34.7 Å². The van der Waals surface area contributed by atoms with Crippen molar-refractivity contribution in [3.8, 4) is 0 Å². The fourth-order valence-electron chi connectivity index (χ4n) is 4.03. The number of carbonyl (C=O) groups excluding carboxylic acids is 1. The highest BCUT2D eigenvalue weighted by atomic mass is 16.5. The van der Waals surface area contributed by atoms with Gasteiger partial charge in [-0.25, -0.2) is 9.97 Å². The summed E-state index contributed by atoms with van der Waals surface area (Å²) in [7, 11) is 1.71. The number of aromatic nitrogens is 3. The molecule has 0 spiro atoms. The third-order valence-corrected chi connectivity index (χ3v) is 5.35. The van der Waals surface area contributed by atoms with Crippen LogP contribution in [0.5, 0.6) is 0 Å². The summed E-state index contributed by atoms with van der Waals surface area (Å²) in [6.45, 7) is 11.0. The molecule has 0 amide bonds. The van der Waals surface area contributed by atoms with Gasteiger partial charge in [0.25, 0.3) is 0 Å². The second-order valence-corrected chi connectivity index (χ2v) is 7.34. The number of aryl methyl sites for hydroxylation is 1. The first-order valence-corrected chi connectivity index (χ1v) is 9.57. The minimum absolute atomic E-state index is 0.221. The topological polar surface area (TPSA) is 64.7 Å². The molecule has 27 heavy (non-hydrogen) atoms. The zero-order valence-corrected chi connectivity index (χ0v) is 16.7. The first-order chi connectivity index (χ1) is 13.0. The summed E-state index contributed by atoms with van der Waals surface area (Å²) in [5, 5.41) is 0. The number of hydrogen-bond acceptors (Lipinski definition) is 5. The van der Waals surface area contributed by atoms with Gasteiger partial charge in [-0.2, -0.15) is 0 Å². The molecule has 7 heteroatoms. The predicted octanol–water partition coefficient (Wildman–Crippen LogP) is 0.690. The number of quaternary nitrogens is 1. The Labute approximate surface area is 161 Å². The van der Waals surface area contributed by atoms with E-state index in [2.05, 4.69) is 33.3 Å². The van der Waals surface area contributed by atoms with Crippen LogP contribution in [0, 0.1) is 13.8 Å². The number of rotatable bonds is 7. The molecule has 0 unspecified atom stereocenters. The molecule has 146 valence electrons. The van der Waals surface area contributed by atoms with Crippen LogP contribution in [0.4, 0.5) is 5.95 Å². The lowest BCUT2D eigenvalue weighted by Crippen LogP contribution is -3.15. The van der Waals surface area contributed by atoms with Crippen LogP contribution in [-0.4, -0.2) is 66.8 Å². The summed E-state index contributed by atoms with van der Waals surface area (Å²) in [6.07, 6.45) is 3.54. The number of carbonyl (C=O) groups is 1. The molecule has 7 nitrogen and oxygen atoms in total. The molecule has 0 radical (unpaired) electrons. The van der Waals surface area contributed by atoms with Crippen molar-refractivity contribution in [1.82, 2.24) is 14.5 Å². The van der Waals surface area contributed by atoms with Crippen molar-refractivity contribution in [2.45, 2.75) is 26.8 Å². The van der Waals surface area contributed by atoms with Crippen molar-refractivity contribution in [2.24, 2.45) is 0 Å². The van der Waals surface area contributed by atoms with Gasteiger partial charge in [-0.1, -0.05) is 0 Å². The molecule has 1 aliphatic rings. The van der Waals surface area contributed by atoms with Crippen molar-refractivity contribution in [1.29, 1.82) is 0 Å². The molecule has 0 bridgehead atoms. The van der Waals surface area contributed by atoms with Gasteiger partial charge < -0.3 is 19.1 Å². The van der Waals surface area contributed by atoms with Crippen molar-refractivity contribution in [3.63, 3.8) is 0 Å². The van der Waals surface area contributed by atoms with Gasteiger partial charge in [-0.05, 0) is 32.9 Å². The number of ether oxygens (including phenoxy) is 1. The van der Waals surface area contributed by atoms with Gasteiger partial charge in [0.15, 0.2) is 0 Å². The fraction of sp³-hybridized carbons (Fsp3) is 0.550. The van der Waals surface area contributed by atoms with E-state index in [4.69, 9.17) is 4.74 Å². The zero-order valence-electron chi connectivity index (χ0n) is 16.7. The van der Waals surface area contributed by atoms with Crippen molar-refractivity contribution >= 4 is 11.7 Å². The Balaban J connectivity index is 1.61. The number of piperazine rings is 1. The molecule has 1 saturated heterocycles. The van der Waals surface area contributed by atoms with E-state index in [-0.39, 0.29) is 11.8 Å². The smallest absolute Gasteiger partial charge is 0.225 e. The SMILES string of the molecule is COC[C@@H](C)n1c(C)cc(C(=O)C[NH+]2CCN(c3ncccn3)CC2)c1C. The molecule has 3 rings (SSSR count). The number of hydrogen-bond donors (Lipinski definition) is 1. The zero-order chi connectivity index (χ0) is 19.4. The van der Waals surface area contributed by atoms with Crippen LogP contribution in [0.2, 0.25) is 0 Å². The van der Waals surface area contributed by atoms with E-state index >= 15 is 0 Å². The number of nitrogens with zero attached hydrogens (tertiary/aromatic N) is 4. The van der Waals surface area contributed by atoms with Gasteiger partial charge in [0.05, 0.1) is 38.8 Å². The molecule has 1 N–H and O–H groups in total. The molecule has 1 aliphatic heterocycles. The summed E-state index contributed by atoms with van der Waals surface area (Å²) in [5.74, 6) is 0.997. The van der Waals surface area contributed by atoms with Crippen LogP contribution in [0.3, 0.4) is 0 Å². The number of ketones is 1. The fourth-order valence-corrected chi connectivity index (χ4v) is 4.03. The Bertz CT molecular complexity index is 766. The first kappa shape index (κ1) is 19.5. The second-order valence-electron chi connectivity index (χ2n) is 7.34. The Morgan fingerprint density at radius 2 is 1.93 bits per heavy atom. The van der Waals surface area contributed by atoms with Crippen LogP contribution >= 0.6 is 0 Å². The molecule has 0 aliphatic carbocycles. The largest absolute Gasteiger partial charge is 0.383 e. The summed E-state index contributed by atoms with van der Waals surface area (Å²) >= 11 is 0. The summed E-state index contributed by atoms with van der Waals surface area (Å²) < 4.78 is 7.49.